The number of hydrogen-bond acceptors (Lipinski definition) is 3. The van der Waals surface area contributed by atoms with Gasteiger partial charge in [-0.2, -0.15) is 0 Å². The fraction of sp³-hybridized carbons (Fsp3) is 0.500. The van der Waals surface area contributed by atoms with Crippen LogP contribution in [0.5, 0.6) is 0 Å². The fourth-order valence-electron chi connectivity index (χ4n) is 2.24. The van der Waals surface area contributed by atoms with E-state index in [9.17, 15) is 0 Å². The summed E-state index contributed by atoms with van der Waals surface area (Å²) < 4.78 is 0. The number of thioether (sulfide) groups is 1. The highest BCUT2D eigenvalue weighted by Crippen LogP contribution is 2.31. The number of oxime groups is 1. The second kappa shape index (κ2) is 7.05. The molecule has 0 spiro atoms. The van der Waals surface area contributed by atoms with Crippen molar-refractivity contribution in [3.8, 4) is 0 Å². The molecule has 2 rings (SSSR count). The highest BCUT2D eigenvalue weighted by molar-refractivity contribution is 8.00. The van der Waals surface area contributed by atoms with Gasteiger partial charge in [0.05, 0.1) is 11.0 Å². The molecule has 1 unspecified atom stereocenters. The molecule has 0 heterocycles. The molecule has 1 atom stereocenters. The van der Waals surface area contributed by atoms with E-state index in [-0.39, 0.29) is 0 Å². The number of halogens is 1. The molecule has 0 saturated heterocycles. The molecule has 1 N–H and O–H groups in total. The summed E-state index contributed by atoms with van der Waals surface area (Å²) in [7, 11) is 0. The molecule has 1 aliphatic rings. The van der Waals surface area contributed by atoms with Crippen LogP contribution in [0.15, 0.2) is 34.3 Å². The Labute approximate surface area is 117 Å². The molecule has 1 fully saturated rings. The summed E-state index contributed by atoms with van der Waals surface area (Å²) in [6, 6.07) is 7.87. The van der Waals surface area contributed by atoms with Crippen LogP contribution >= 0.6 is 23.4 Å². The Morgan fingerprint density at radius 1 is 1.11 bits per heavy atom. The summed E-state index contributed by atoms with van der Waals surface area (Å²) in [5.74, 6) is 0. The minimum Gasteiger partial charge on any atom is -0.411 e. The highest BCUT2D eigenvalue weighted by Gasteiger charge is 2.19. The standard InChI is InChI=1S/C14H18ClNOS/c15-11-7-9-12(10-8-11)18-14-6-4-2-1-3-5-13(14)16-17/h7-10,14,17H,1-6H2/b16-13-. The van der Waals surface area contributed by atoms with E-state index >= 15 is 0 Å². The van der Waals surface area contributed by atoms with Crippen molar-refractivity contribution < 1.29 is 5.21 Å². The second-order valence-corrected chi connectivity index (χ2v) is 6.32. The summed E-state index contributed by atoms with van der Waals surface area (Å²) in [5, 5.41) is 13.7. The molecule has 0 radical (unpaired) electrons. The summed E-state index contributed by atoms with van der Waals surface area (Å²) in [5.41, 5.74) is 0.939. The average Bonchev–Trinajstić information content (AvgIpc) is 2.36. The quantitative estimate of drug-likeness (QED) is 0.613. The van der Waals surface area contributed by atoms with E-state index in [1.807, 2.05) is 24.3 Å². The van der Waals surface area contributed by atoms with Crippen molar-refractivity contribution in [2.45, 2.75) is 48.7 Å². The monoisotopic (exact) mass is 283 g/mol. The lowest BCUT2D eigenvalue weighted by Gasteiger charge is -2.20. The lowest BCUT2D eigenvalue weighted by Crippen LogP contribution is -2.19. The molecule has 0 amide bonds. The largest absolute Gasteiger partial charge is 0.411 e. The van der Waals surface area contributed by atoms with Gasteiger partial charge >= 0.3 is 0 Å². The summed E-state index contributed by atoms with van der Waals surface area (Å²) in [6.45, 7) is 0. The topological polar surface area (TPSA) is 32.6 Å². The van der Waals surface area contributed by atoms with Crippen LogP contribution in [0.3, 0.4) is 0 Å². The zero-order valence-corrected chi connectivity index (χ0v) is 11.9. The zero-order valence-electron chi connectivity index (χ0n) is 10.3. The number of nitrogens with zero attached hydrogens (tertiary/aromatic N) is 1. The third-order valence-electron chi connectivity index (χ3n) is 3.24. The summed E-state index contributed by atoms with van der Waals surface area (Å²) in [6.07, 6.45) is 6.89. The van der Waals surface area contributed by atoms with Crippen molar-refractivity contribution in [1.82, 2.24) is 0 Å². The maximum absolute atomic E-state index is 9.15. The first-order valence-corrected chi connectivity index (χ1v) is 7.68. The van der Waals surface area contributed by atoms with Gasteiger partial charge in [0.25, 0.3) is 0 Å². The van der Waals surface area contributed by atoms with Crippen molar-refractivity contribution >= 4 is 29.1 Å². The molecule has 0 aromatic heterocycles. The maximum Gasteiger partial charge on any atom is 0.0704 e. The third-order valence-corrected chi connectivity index (χ3v) is 4.83. The van der Waals surface area contributed by atoms with Crippen LogP contribution in [0.2, 0.25) is 5.02 Å². The van der Waals surface area contributed by atoms with Crippen molar-refractivity contribution in [3.05, 3.63) is 29.3 Å². The van der Waals surface area contributed by atoms with E-state index in [4.69, 9.17) is 16.8 Å². The number of rotatable bonds is 2. The van der Waals surface area contributed by atoms with Crippen molar-refractivity contribution in [1.29, 1.82) is 0 Å². The van der Waals surface area contributed by atoms with E-state index in [1.165, 1.54) is 24.2 Å². The van der Waals surface area contributed by atoms with Gasteiger partial charge in [0, 0.05) is 9.92 Å². The van der Waals surface area contributed by atoms with Crippen LogP contribution in [-0.4, -0.2) is 16.2 Å². The van der Waals surface area contributed by atoms with Crippen LogP contribution in [0.25, 0.3) is 0 Å². The van der Waals surface area contributed by atoms with Gasteiger partial charge in [-0.25, -0.2) is 0 Å². The van der Waals surface area contributed by atoms with E-state index in [1.54, 1.807) is 11.8 Å². The lowest BCUT2D eigenvalue weighted by molar-refractivity contribution is 0.315. The molecule has 1 saturated carbocycles. The minimum atomic E-state index is 0.302. The van der Waals surface area contributed by atoms with Crippen molar-refractivity contribution in [3.63, 3.8) is 0 Å². The van der Waals surface area contributed by atoms with Crippen molar-refractivity contribution in [2.75, 3.05) is 0 Å². The first-order valence-electron chi connectivity index (χ1n) is 6.42. The Hall–Kier alpha value is -0.670. The predicted molar refractivity (Wildman–Crippen MR) is 78.0 cm³/mol. The Balaban J connectivity index is 2.06. The van der Waals surface area contributed by atoms with Gasteiger partial charge in [0.15, 0.2) is 0 Å². The Bertz CT molecular complexity index is 405. The van der Waals surface area contributed by atoms with Crippen LogP contribution in [0, 0.1) is 0 Å². The molecule has 2 nitrogen and oxygen atoms in total. The molecule has 4 heteroatoms. The highest BCUT2D eigenvalue weighted by atomic mass is 35.5. The van der Waals surface area contributed by atoms with E-state index in [2.05, 4.69) is 5.16 Å². The SMILES string of the molecule is O/N=C1/CCCCCCC1Sc1ccc(Cl)cc1. The van der Waals surface area contributed by atoms with Gasteiger partial charge in [-0.1, -0.05) is 36.0 Å². The van der Waals surface area contributed by atoms with Gasteiger partial charge in [0.1, 0.15) is 0 Å². The maximum atomic E-state index is 9.15. The van der Waals surface area contributed by atoms with Gasteiger partial charge in [-0.3, -0.25) is 0 Å². The first kappa shape index (κ1) is 13.8. The first-order chi connectivity index (χ1) is 8.79. The van der Waals surface area contributed by atoms with E-state index < -0.39 is 0 Å². The second-order valence-electron chi connectivity index (χ2n) is 4.60. The van der Waals surface area contributed by atoms with Crippen LogP contribution in [0.4, 0.5) is 0 Å². The summed E-state index contributed by atoms with van der Waals surface area (Å²) in [4.78, 5) is 1.19. The molecule has 1 aromatic carbocycles. The molecule has 18 heavy (non-hydrogen) atoms. The van der Waals surface area contributed by atoms with Gasteiger partial charge in [0.2, 0.25) is 0 Å². The van der Waals surface area contributed by atoms with E-state index in [0.29, 0.717) is 5.25 Å². The molecular formula is C14H18ClNOS. The number of hydrogen-bond donors (Lipinski definition) is 1. The van der Waals surface area contributed by atoms with Gasteiger partial charge < -0.3 is 5.21 Å². The Kier molecular flexibility index (Phi) is 5.39. The molecule has 1 aliphatic carbocycles. The van der Waals surface area contributed by atoms with Crippen LogP contribution in [0.1, 0.15) is 38.5 Å². The van der Waals surface area contributed by atoms with Gasteiger partial charge in [-0.15, -0.1) is 11.8 Å². The minimum absolute atomic E-state index is 0.302. The Morgan fingerprint density at radius 2 is 1.83 bits per heavy atom. The molecule has 0 bridgehead atoms. The van der Waals surface area contributed by atoms with Crippen molar-refractivity contribution in [2.24, 2.45) is 5.16 Å². The third kappa shape index (κ3) is 3.92. The normalized spacial score (nSPS) is 23.6. The summed E-state index contributed by atoms with van der Waals surface area (Å²) >= 11 is 7.66. The molecule has 98 valence electrons. The Morgan fingerprint density at radius 3 is 2.56 bits per heavy atom. The molecular weight excluding hydrogens is 266 g/mol. The fourth-order valence-corrected chi connectivity index (χ4v) is 3.57. The zero-order chi connectivity index (χ0) is 12.8. The molecule has 1 aromatic rings. The average molecular weight is 284 g/mol. The van der Waals surface area contributed by atoms with Crippen LogP contribution in [-0.2, 0) is 0 Å². The lowest BCUT2D eigenvalue weighted by atomic mass is 9.99. The number of benzene rings is 1. The van der Waals surface area contributed by atoms with Gasteiger partial charge in [-0.05, 0) is 43.5 Å². The van der Waals surface area contributed by atoms with E-state index in [0.717, 1.165) is 30.0 Å². The predicted octanol–water partition coefficient (Wildman–Crippen LogP) is 4.99. The smallest absolute Gasteiger partial charge is 0.0704 e. The molecule has 0 aliphatic heterocycles. The van der Waals surface area contributed by atoms with Crippen LogP contribution < -0.4 is 0 Å².